The standard InChI is InChI=1S/C20H30N2O2/c1-16-12-21(2)14-18(16)19(23)22(13-17-8-4-3-5-9-17)15-20(24)10-6-7-11-20/h3-5,8-9,16,18,24H,6-7,10-15H2,1-2H3/t16-,18-/m1/s1. The van der Waals surface area contributed by atoms with Gasteiger partial charge in [0.1, 0.15) is 0 Å². The van der Waals surface area contributed by atoms with Crippen LogP contribution in [0.5, 0.6) is 0 Å². The Kier molecular flexibility index (Phi) is 5.26. The molecule has 0 radical (unpaired) electrons. The van der Waals surface area contributed by atoms with Crippen LogP contribution in [-0.4, -0.2) is 53.1 Å². The van der Waals surface area contributed by atoms with Crippen LogP contribution in [0.25, 0.3) is 0 Å². The first-order valence-electron chi connectivity index (χ1n) is 9.20. The van der Waals surface area contributed by atoms with E-state index in [4.69, 9.17) is 0 Å². The maximum absolute atomic E-state index is 13.2. The molecule has 132 valence electrons. The summed E-state index contributed by atoms with van der Waals surface area (Å²) in [5, 5.41) is 10.8. The molecular weight excluding hydrogens is 300 g/mol. The normalized spacial score (nSPS) is 26.6. The molecule has 2 atom stereocenters. The van der Waals surface area contributed by atoms with E-state index in [1.807, 2.05) is 23.1 Å². The third kappa shape index (κ3) is 3.98. The van der Waals surface area contributed by atoms with Crippen molar-refractivity contribution in [3.63, 3.8) is 0 Å². The van der Waals surface area contributed by atoms with E-state index in [0.717, 1.165) is 44.3 Å². The third-order valence-corrected chi connectivity index (χ3v) is 5.66. The molecule has 1 aromatic carbocycles. The quantitative estimate of drug-likeness (QED) is 0.902. The molecule has 0 bridgehead atoms. The molecule has 1 aliphatic carbocycles. The number of rotatable bonds is 5. The van der Waals surface area contributed by atoms with Gasteiger partial charge in [0.2, 0.25) is 5.91 Å². The molecule has 1 N–H and O–H groups in total. The van der Waals surface area contributed by atoms with Gasteiger partial charge in [-0.2, -0.15) is 0 Å². The maximum Gasteiger partial charge on any atom is 0.227 e. The zero-order chi connectivity index (χ0) is 17.2. The molecular formula is C20H30N2O2. The van der Waals surface area contributed by atoms with Gasteiger partial charge >= 0.3 is 0 Å². The zero-order valence-electron chi connectivity index (χ0n) is 14.9. The highest BCUT2D eigenvalue weighted by atomic mass is 16.3. The fourth-order valence-electron chi connectivity index (χ4n) is 4.33. The van der Waals surface area contributed by atoms with Gasteiger partial charge in [0.05, 0.1) is 11.5 Å². The summed E-state index contributed by atoms with van der Waals surface area (Å²) in [6.45, 7) is 5.02. The fourth-order valence-corrected chi connectivity index (χ4v) is 4.33. The summed E-state index contributed by atoms with van der Waals surface area (Å²) in [4.78, 5) is 17.4. The average Bonchev–Trinajstić information content (AvgIpc) is 3.12. The Bertz CT molecular complexity index is 554. The van der Waals surface area contributed by atoms with Gasteiger partial charge in [0, 0.05) is 26.2 Å². The van der Waals surface area contributed by atoms with Crippen LogP contribution in [0.1, 0.15) is 38.2 Å². The molecule has 0 unspecified atom stereocenters. The van der Waals surface area contributed by atoms with Crippen LogP contribution in [0, 0.1) is 11.8 Å². The van der Waals surface area contributed by atoms with E-state index in [0.29, 0.717) is 19.0 Å². The lowest BCUT2D eigenvalue weighted by molar-refractivity contribution is -0.140. The summed E-state index contributed by atoms with van der Waals surface area (Å²) in [6.07, 6.45) is 3.75. The third-order valence-electron chi connectivity index (χ3n) is 5.66. The van der Waals surface area contributed by atoms with E-state index in [1.165, 1.54) is 0 Å². The predicted octanol–water partition coefficient (Wildman–Crippen LogP) is 2.52. The highest BCUT2D eigenvalue weighted by Gasteiger charge is 2.39. The largest absolute Gasteiger partial charge is 0.388 e. The van der Waals surface area contributed by atoms with Crippen LogP contribution < -0.4 is 0 Å². The molecule has 24 heavy (non-hydrogen) atoms. The SMILES string of the molecule is C[C@@H]1CN(C)C[C@H]1C(=O)N(Cc1ccccc1)CC1(O)CCCC1. The molecule has 1 aliphatic heterocycles. The van der Waals surface area contributed by atoms with Gasteiger partial charge in [-0.3, -0.25) is 4.79 Å². The summed E-state index contributed by atoms with van der Waals surface area (Å²) in [5.41, 5.74) is 0.435. The van der Waals surface area contributed by atoms with Gasteiger partial charge < -0.3 is 14.9 Å². The van der Waals surface area contributed by atoms with Gasteiger partial charge in [0.25, 0.3) is 0 Å². The number of likely N-dealkylation sites (tertiary alicyclic amines) is 1. The topological polar surface area (TPSA) is 43.8 Å². The molecule has 0 spiro atoms. The van der Waals surface area contributed by atoms with Crippen molar-refractivity contribution in [1.82, 2.24) is 9.80 Å². The zero-order valence-corrected chi connectivity index (χ0v) is 14.9. The van der Waals surface area contributed by atoms with Crippen LogP contribution in [0.4, 0.5) is 0 Å². The molecule has 2 fully saturated rings. The second kappa shape index (κ2) is 7.24. The number of hydrogen-bond donors (Lipinski definition) is 1. The minimum absolute atomic E-state index is 0.0451. The van der Waals surface area contributed by atoms with E-state index in [2.05, 4.69) is 31.0 Å². The summed E-state index contributed by atoms with van der Waals surface area (Å²) < 4.78 is 0. The molecule has 1 saturated carbocycles. The Hall–Kier alpha value is -1.39. The second-order valence-corrected chi connectivity index (χ2v) is 7.92. The van der Waals surface area contributed by atoms with Crippen molar-refractivity contribution in [3.05, 3.63) is 35.9 Å². The summed E-state index contributed by atoms with van der Waals surface area (Å²) in [5.74, 6) is 0.624. The smallest absolute Gasteiger partial charge is 0.227 e. The number of carbonyl (C=O) groups excluding carboxylic acids is 1. The number of hydrogen-bond acceptors (Lipinski definition) is 3. The molecule has 1 amide bonds. The van der Waals surface area contributed by atoms with E-state index >= 15 is 0 Å². The van der Waals surface area contributed by atoms with Gasteiger partial charge in [-0.15, -0.1) is 0 Å². The Morgan fingerprint density at radius 3 is 2.50 bits per heavy atom. The van der Waals surface area contributed by atoms with Crippen molar-refractivity contribution in [2.45, 2.75) is 44.8 Å². The number of carbonyl (C=O) groups is 1. The molecule has 1 aromatic rings. The first-order chi connectivity index (χ1) is 11.5. The Morgan fingerprint density at radius 1 is 1.25 bits per heavy atom. The summed E-state index contributed by atoms with van der Waals surface area (Å²) >= 11 is 0. The van der Waals surface area contributed by atoms with Crippen LogP contribution in [0.2, 0.25) is 0 Å². The summed E-state index contributed by atoms with van der Waals surface area (Å²) in [7, 11) is 2.08. The van der Waals surface area contributed by atoms with Crippen LogP contribution in [0.15, 0.2) is 30.3 Å². The van der Waals surface area contributed by atoms with Crippen molar-refractivity contribution in [2.75, 3.05) is 26.7 Å². The molecule has 0 aromatic heterocycles. The minimum atomic E-state index is -0.696. The van der Waals surface area contributed by atoms with E-state index in [-0.39, 0.29) is 11.8 Å². The van der Waals surface area contributed by atoms with Crippen LogP contribution in [-0.2, 0) is 11.3 Å². The van der Waals surface area contributed by atoms with E-state index in [9.17, 15) is 9.90 Å². The molecule has 1 heterocycles. The van der Waals surface area contributed by atoms with E-state index in [1.54, 1.807) is 0 Å². The molecule has 4 nitrogen and oxygen atoms in total. The van der Waals surface area contributed by atoms with Gasteiger partial charge in [-0.1, -0.05) is 50.1 Å². The van der Waals surface area contributed by atoms with Crippen LogP contribution in [0.3, 0.4) is 0 Å². The Morgan fingerprint density at radius 2 is 1.92 bits per heavy atom. The van der Waals surface area contributed by atoms with Crippen LogP contribution >= 0.6 is 0 Å². The molecule has 2 aliphatic rings. The second-order valence-electron chi connectivity index (χ2n) is 7.92. The number of aliphatic hydroxyl groups is 1. The lowest BCUT2D eigenvalue weighted by Crippen LogP contribution is -2.47. The Labute approximate surface area is 145 Å². The monoisotopic (exact) mass is 330 g/mol. The summed E-state index contributed by atoms with van der Waals surface area (Å²) in [6, 6.07) is 10.1. The van der Waals surface area contributed by atoms with Gasteiger partial charge in [0.15, 0.2) is 0 Å². The average molecular weight is 330 g/mol. The number of nitrogens with zero attached hydrogens (tertiary/aromatic N) is 2. The first kappa shape index (κ1) is 17.4. The van der Waals surface area contributed by atoms with Crippen molar-refractivity contribution in [1.29, 1.82) is 0 Å². The molecule has 4 heteroatoms. The highest BCUT2D eigenvalue weighted by Crippen LogP contribution is 2.32. The lowest BCUT2D eigenvalue weighted by Gasteiger charge is -2.34. The highest BCUT2D eigenvalue weighted by molar-refractivity contribution is 5.80. The van der Waals surface area contributed by atoms with Gasteiger partial charge in [-0.25, -0.2) is 0 Å². The maximum atomic E-state index is 13.2. The van der Waals surface area contributed by atoms with Crippen molar-refractivity contribution < 1.29 is 9.90 Å². The minimum Gasteiger partial charge on any atom is -0.388 e. The molecule has 1 saturated heterocycles. The fraction of sp³-hybridized carbons (Fsp3) is 0.650. The molecule has 3 rings (SSSR count). The van der Waals surface area contributed by atoms with Gasteiger partial charge in [-0.05, 0) is 31.4 Å². The first-order valence-corrected chi connectivity index (χ1v) is 9.20. The van der Waals surface area contributed by atoms with Crippen molar-refractivity contribution in [3.8, 4) is 0 Å². The van der Waals surface area contributed by atoms with Crippen molar-refractivity contribution in [2.24, 2.45) is 11.8 Å². The predicted molar refractivity (Wildman–Crippen MR) is 95.4 cm³/mol. The van der Waals surface area contributed by atoms with Crippen molar-refractivity contribution >= 4 is 5.91 Å². The lowest BCUT2D eigenvalue weighted by atomic mass is 9.94. The Balaban J connectivity index is 1.77. The number of amides is 1. The van der Waals surface area contributed by atoms with E-state index < -0.39 is 5.60 Å². The number of benzene rings is 1.